The summed E-state index contributed by atoms with van der Waals surface area (Å²) >= 11 is 0. The molecule has 1 atom stereocenters. The van der Waals surface area contributed by atoms with Crippen LogP contribution >= 0.6 is 0 Å². The minimum absolute atomic E-state index is 0.00302. The van der Waals surface area contributed by atoms with E-state index in [1.54, 1.807) is 6.92 Å². The number of aliphatic carboxylic acids is 1. The fraction of sp³-hybridized carbons (Fsp3) is 0.609. The first-order valence-corrected chi connectivity index (χ1v) is 9.74. The number of aromatic nitrogens is 1. The summed E-state index contributed by atoms with van der Waals surface area (Å²) < 4.78 is 0. The third-order valence-electron chi connectivity index (χ3n) is 5.06. The Hall–Kier alpha value is -1.97. The highest BCUT2D eigenvalue weighted by Gasteiger charge is 2.29. The molecule has 0 unspecified atom stereocenters. The van der Waals surface area contributed by atoms with Crippen LogP contribution in [0, 0.1) is 0 Å². The van der Waals surface area contributed by atoms with E-state index in [1.807, 2.05) is 0 Å². The van der Waals surface area contributed by atoms with E-state index in [0.29, 0.717) is 0 Å². The van der Waals surface area contributed by atoms with Gasteiger partial charge in [0.15, 0.2) is 0 Å². The lowest BCUT2D eigenvalue weighted by Gasteiger charge is -2.26. The largest absolute Gasteiger partial charge is 0.480 e. The topological polar surface area (TPSA) is 65.1 Å². The van der Waals surface area contributed by atoms with E-state index in [1.165, 1.54) is 11.1 Å². The van der Waals surface area contributed by atoms with Gasteiger partial charge in [0.1, 0.15) is 6.04 Å². The number of carboxylic acid groups (broad SMARTS) is 1. The summed E-state index contributed by atoms with van der Waals surface area (Å²) in [6.45, 7) is 21.4. The lowest BCUT2D eigenvalue weighted by molar-refractivity contribution is -0.137. The Kier molecular flexibility index (Phi) is 5.19. The molecule has 0 aliphatic rings. The average Bonchev–Trinajstić information content (AvgIpc) is 2.83. The molecule has 1 aromatic heterocycles. The molecule has 0 aliphatic carbocycles. The van der Waals surface area contributed by atoms with Crippen LogP contribution in [0.2, 0.25) is 0 Å². The van der Waals surface area contributed by atoms with Crippen molar-refractivity contribution in [1.82, 2.24) is 4.98 Å². The Morgan fingerprint density at radius 2 is 1.52 bits per heavy atom. The van der Waals surface area contributed by atoms with E-state index in [2.05, 4.69) is 84.7 Å². The van der Waals surface area contributed by atoms with Crippen molar-refractivity contribution in [1.29, 1.82) is 0 Å². The van der Waals surface area contributed by atoms with E-state index >= 15 is 0 Å². The van der Waals surface area contributed by atoms with Gasteiger partial charge in [0.25, 0.3) is 0 Å². The molecule has 4 heteroatoms. The number of aromatic amines is 1. The quantitative estimate of drug-likeness (QED) is 0.624. The SMILES string of the molecule is C[C@H](Nc1c(C(C)(C)C)[nH]c2c(C(C)(C)C)cc(C(C)(C)C)cc12)C(=O)O. The number of carbonyl (C=O) groups is 1. The third kappa shape index (κ3) is 4.31. The molecule has 0 bridgehead atoms. The van der Waals surface area contributed by atoms with E-state index in [4.69, 9.17) is 0 Å². The number of nitrogens with one attached hydrogen (secondary N) is 2. The molecule has 2 aromatic rings. The summed E-state index contributed by atoms with van der Waals surface area (Å²) in [6.07, 6.45) is 0. The van der Waals surface area contributed by atoms with Crippen LogP contribution in [0.4, 0.5) is 5.69 Å². The van der Waals surface area contributed by atoms with Gasteiger partial charge in [-0.25, -0.2) is 0 Å². The van der Waals surface area contributed by atoms with Gasteiger partial charge in [-0.3, -0.25) is 4.79 Å². The van der Waals surface area contributed by atoms with E-state index < -0.39 is 12.0 Å². The second-order valence-corrected chi connectivity index (χ2v) is 10.8. The zero-order valence-corrected chi connectivity index (χ0v) is 18.6. The summed E-state index contributed by atoms with van der Waals surface area (Å²) in [5.74, 6) is -0.854. The van der Waals surface area contributed by atoms with E-state index in [-0.39, 0.29) is 16.2 Å². The molecule has 0 fully saturated rings. The molecular weight excluding hydrogens is 336 g/mol. The smallest absolute Gasteiger partial charge is 0.325 e. The Morgan fingerprint density at radius 1 is 0.963 bits per heavy atom. The highest BCUT2D eigenvalue weighted by molar-refractivity contribution is 5.99. The predicted octanol–water partition coefficient (Wildman–Crippen LogP) is 5.95. The van der Waals surface area contributed by atoms with Crippen molar-refractivity contribution < 1.29 is 9.90 Å². The van der Waals surface area contributed by atoms with Crippen molar-refractivity contribution in [2.24, 2.45) is 0 Å². The summed E-state index contributed by atoms with van der Waals surface area (Å²) in [5, 5.41) is 13.8. The van der Waals surface area contributed by atoms with Crippen molar-refractivity contribution in [3.8, 4) is 0 Å². The van der Waals surface area contributed by atoms with Crippen molar-refractivity contribution in [2.45, 2.75) is 91.5 Å². The Morgan fingerprint density at radius 3 is 1.93 bits per heavy atom. The Balaban J connectivity index is 2.93. The number of H-pyrrole nitrogens is 1. The van der Waals surface area contributed by atoms with E-state index in [9.17, 15) is 9.90 Å². The minimum Gasteiger partial charge on any atom is -0.480 e. The zero-order valence-electron chi connectivity index (χ0n) is 18.6. The fourth-order valence-corrected chi connectivity index (χ4v) is 3.31. The van der Waals surface area contributed by atoms with Gasteiger partial charge in [-0.15, -0.1) is 0 Å². The van der Waals surface area contributed by atoms with Gasteiger partial charge < -0.3 is 15.4 Å². The number of hydrogen-bond donors (Lipinski definition) is 3. The normalized spacial score (nSPS) is 14.4. The molecule has 4 nitrogen and oxygen atoms in total. The van der Waals surface area contributed by atoms with Crippen molar-refractivity contribution in [2.75, 3.05) is 5.32 Å². The summed E-state index contributed by atoms with van der Waals surface area (Å²) in [5.41, 5.74) is 5.39. The van der Waals surface area contributed by atoms with E-state index in [0.717, 1.165) is 22.3 Å². The van der Waals surface area contributed by atoms with Gasteiger partial charge in [0.05, 0.1) is 11.2 Å². The number of anilines is 1. The molecule has 3 N–H and O–H groups in total. The first-order valence-electron chi connectivity index (χ1n) is 9.74. The maximum Gasteiger partial charge on any atom is 0.325 e. The van der Waals surface area contributed by atoms with Crippen LogP contribution in [0.5, 0.6) is 0 Å². The first kappa shape index (κ1) is 21.3. The molecule has 150 valence electrons. The highest BCUT2D eigenvalue weighted by Crippen LogP contribution is 2.42. The number of fused-ring (bicyclic) bond motifs is 1. The van der Waals surface area contributed by atoms with Crippen LogP contribution in [-0.4, -0.2) is 22.1 Å². The highest BCUT2D eigenvalue weighted by atomic mass is 16.4. The standard InChI is InChI=1S/C23H36N2O2/c1-13(20(26)27)24-18-15-11-14(21(2,3)4)12-16(22(5,6)7)17(15)25-19(18)23(8,9)10/h11-13,24-25H,1-10H3,(H,26,27)/t13-/m0/s1. The zero-order chi connectivity index (χ0) is 20.9. The molecule has 27 heavy (non-hydrogen) atoms. The lowest BCUT2D eigenvalue weighted by Crippen LogP contribution is -2.27. The molecule has 0 amide bonds. The van der Waals surface area contributed by atoms with Crippen molar-refractivity contribution in [3.05, 3.63) is 29.0 Å². The van der Waals surface area contributed by atoms with Crippen molar-refractivity contribution >= 4 is 22.6 Å². The molecule has 2 rings (SSSR count). The van der Waals surface area contributed by atoms with Gasteiger partial charge in [0.2, 0.25) is 0 Å². The van der Waals surface area contributed by atoms with Crippen LogP contribution in [0.3, 0.4) is 0 Å². The van der Waals surface area contributed by atoms with Gasteiger partial charge in [-0.1, -0.05) is 68.4 Å². The van der Waals surface area contributed by atoms with Gasteiger partial charge in [-0.05, 0) is 34.9 Å². The van der Waals surface area contributed by atoms with Crippen LogP contribution in [0.15, 0.2) is 12.1 Å². The summed E-state index contributed by atoms with van der Waals surface area (Å²) in [7, 11) is 0. The maximum absolute atomic E-state index is 11.5. The number of carboxylic acids is 1. The van der Waals surface area contributed by atoms with Crippen LogP contribution < -0.4 is 5.32 Å². The number of benzene rings is 1. The molecule has 1 heterocycles. The molecule has 1 aromatic carbocycles. The van der Waals surface area contributed by atoms with Crippen LogP contribution in [0.25, 0.3) is 10.9 Å². The molecule has 0 spiro atoms. The van der Waals surface area contributed by atoms with Gasteiger partial charge in [0, 0.05) is 16.5 Å². The van der Waals surface area contributed by atoms with Crippen LogP contribution in [-0.2, 0) is 21.0 Å². The second-order valence-electron chi connectivity index (χ2n) is 10.8. The summed E-state index contributed by atoms with van der Waals surface area (Å²) in [4.78, 5) is 15.1. The monoisotopic (exact) mass is 372 g/mol. The molecule has 0 saturated heterocycles. The molecule has 0 radical (unpaired) electrons. The number of hydrogen-bond acceptors (Lipinski definition) is 2. The minimum atomic E-state index is -0.854. The van der Waals surface area contributed by atoms with Gasteiger partial charge in [-0.2, -0.15) is 0 Å². The second kappa shape index (κ2) is 6.57. The Bertz CT molecular complexity index is 856. The molecular formula is C23H36N2O2. The maximum atomic E-state index is 11.5. The summed E-state index contributed by atoms with van der Waals surface area (Å²) in [6, 6.07) is 3.85. The fourth-order valence-electron chi connectivity index (χ4n) is 3.31. The van der Waals surface area contributed by atoms with Crippen molar-refractivity contribution in [3.63, 3.8) is 0 Å². The average molecular weight is 373 g/mol. The predicted molar refractivity (Wildman–Crippen MR) is 115 cm³/mol. The number of rotatable bonds is 3. The lowest BCUT2D eigenvalue weighted by atomic mass is 9.79. The Labute approximate surface area is 163 Å². The molecule has 0 aliphatic heterocycles. The molecule has 0 saturated carbocycles. The first-order chi connectivity index (χ1) is 12.0. The van der Waals surface area contributed by atoms with Gasteiger partial charge >= 0.3 is 5.97 Å². The third-order valence-corrected chi connectivity index (χ3v) is 5.06. The van der Waals surface area contributed by atoms with Crippen LogP contribution in [0.1, 0.15) is 86.1 Å².